The van der Waals surface area contributed by atoms with Crippen LogP contribution in [0.15, 0.2) is 24.3 Å². The molecule has 1 saturated heterocycles. The fourth-order valence-corrected chi connectivity index (χ4v) is 2.67. The lowest BCUT2D eigenvalue weighted by molar-refractivity contribution is 0.196. The van der Waals surface area contributed by atoms with E-state index in [-0.39, 0.29) is 0 Å². The molecule has 0 aromatic heterocycles. The summed E-state index contributed by atoms with van der Waals surface area (Å²) in [5.74, 6) is 0.936. The predicted octanol–water partition coefficient (Wildman–Crippen LogP) is 2.66. The molecule has 0 aliphatic carbocycles. The van der Waals surface area contributed by atoms with Crippen molar-refractivity contribution >= 4 is 0 Å². The van der Waals surface area contributed by atoms with Gasteiger partial charge < -0.3 is 10.1 Å². The Kier molecular flexibility index (Phi) is 5.67. The summed E-state index contributed by atoms with van der Waals surface area (Å²) in [5, 5.41) is 3.47. The molecule has 1 fully saturated rings. The van der Waals surface area contributed by atoms with Crippen molar-refractivity contribution in [3.8, 4) is 5.75 Å². The molecule has 0 spiro atoms. The molecule has 19 heavy (non-hydrogen) atoms. The molecule has 1 atom stereocenters. The summed E-state index contributed by atoms with van der Waals surface area (Å²) in [6.45, 7) is 6.82. The second kappa shape index (κ2) is 7.51. The van der Waals surface area contributed by atoms with Crippen molar-refractivity contribution in [1.29, 1.82) is 0 Å². The molecule has 0 saturated carbocycles. The van der Waals surface area contributed by atoms with Gasteiger partial charge in [0.2, 0.25) is 0 Å². The molecule has 1 heterocycles. The Hall–Kier alpha value is -1.06. The molecule has 1 aliphatic heterocycles. The lowest BCUT2D eigenvalue weighted by Crippen LogP contribution is -2.37. The monoisotopic (exact) mass is 262 g/mol. The molecule has 3 heteroatoms. The summed E-state index contributed by atoms with van der Waals surface area (Å²) < 4.78 is 5.22. The van der Waals surface area contributed by atoms with E-state index < -0.39 is 0 Å². The van der Waals surface area contributed by atoms with Crippen molar-refractivity contribution in [3.05, 3.63) is 29.8 Å². The zero-order chi connectivity index (χ0) is 13.5. The molecule has 0 amide bonds. The number of ether oxygens (including phenoxy) is 1. The van der Waals surface area contributed by atoms with Crippen molar-refractivity contribution in [2.45, 2.75) is 38.8 Å². The van der Waals surface area contributed by atoms with Gasteiger partial charge in [-0.2, -0.15) is 0 Å². The van der Waals surface area contributed by atoms with Crippen LogP contribution in [0.2, 0.25) is 0 Å². The van der Waals surface area contributed by atoms with Gasteiger partial charge >= 0.3 is 0 Å². The first-order chi connectivity index (χ1) is 9.33. The summed E-state index contributed by atoms with van der Waals surface area (Å²) >= 11 is 0. The number of hydrogen-bond donors (Lipinski definition) is 1. The van der Waals surface area contributed by atoms with Crippen molar-refractivity contribution in [3.63, 3.8) is 0 Å². The average molecular weight is 262 g/mol. The highest BCUT2D eigenvalue weighted by Gasteiger charge is 2.21. The Morgan fingerprint density at radius 2 is 2.11 bits per heavy atom. The van der Waals surface area contributed by atoms with Crippen LogP contribution in [0, 0.1) is 0 Å². The van der Waals surface area contributed by atoms with E-state index in [0.717, 1.165) is 25.4 Å². The normalized spacial score (nSPS) is 19.0. The number of unbranched alkanes of at least 4 members (excludes halogenated alkanes) is 1. The SMILES string of the molecule is CCCCN(Cc1ccc(OC)cc1)C1CCNC1. The van der Waals surface area contributed by atoms with Gasteiger partial charge in [-0.25, -0.2) is 0 Å². The van der Waals surface area contributed by atoms with E-state index >= 15 is 0 Å². The van der Waals surface area contributed by atoms with Crippen molar-refractivity contribution in [1.82, 2.24) is 10.2 Å². The fraction of sp³-hybridized carbons (Fsp3) is 0.625. The van der Waals surface area contributed by atoms with Gasteiger partial charge in [0.25, 0.3) is 0 Å². The first kappa shape index (κ1) is 14.4. The molecule has 0 radical (unpaired) electrons. The van der Waals surface area contributed by atoms with Gasteiger partial charge in [0.05, 0.1) is 7.11 Å². The van der Waals surface area contributed by atoms with Gasteiger partial charge in [-0.1, -0.05) is 25.5 Å². The standard InChI is InChI=1S/C16H26N2O/c1-3-4-11-18(15-9-10-17-12-15)13-14-5-7-16(19-2)8-6-14/h5-8,15,17H,3-4,9-13H2,1-2H3. The van der Waals surface area contributed by atoms with Crippen LogP contribution in [0.4, 0.5) is 0 Å². The number of nitrogens with one attached hydrogen (secondary N) is 1. The van der Waals surface area contributed by atoms with Gasteiger partial charge in [-0.15, -0.1) is 0 Å². The van der Waals surface area contributed by atoms with Crippen LogP contribution in [0.1, 0.15) is 31.7 Å². The van der Waals surface area contributed by atoms with Crippen LogP contribution in [0.3, 0.4) is 0 Å². The topological polar surface area (TPSA) is 24.5 Å². The highest BCUT2D eigenvalue weighted by molar-refractivity contribution is 5.27. The maximum absolute atomic E-state index is 5.22. The number of rotatable bonds is 7. The van der Waals surface area contributed by atoms with Crippen LogP contribution < -0.4 is 10.1 Å². The lowest BCUT2D eigenvalue weighted by Gasteiger charge is -2.28. The molecule has 1 aromatic carbocycles. The Balaban J connectivity index is 1.96. The van der Waals surface area contributed by atoms with E-state index in [4.69, 9.17) is 4.74 Å². The largest absolute Gasteiger partial charge is 0.497 e. The van der Waals surface area contributed by atoms with Gasteiger partial charge in [0.1, 0.15) is 5.75 Å². The predicted molar refractivity (Wildman–Crippen MR) is 79.6 cm³/mol. The third kappa shape index (κ3) is 4.22. The third-order valence-corrected chi connectivity index (χ3v) is 3.89. The Morgan fingerprint density at radius 1 is 1.32 bits per heavy atom. The number of nitrogens with zero attached hydrogens (tertiary/aromatic N) is 1. The van der Waals surface area contributed by atoms with Crippen molar-refractivity contribution in [2.24, 2.45) is 0 Å². The van der Waals surface area contributed by atoms with Gasteiger partial charge in [0.15, 0.2) is 0 Å². The maximum Gasteiger partial charge on any atom is 0.118 e. The quantitative estimate of drug-likeness (QED) is 0.817. The van der Waals surface area contributed by atoms with Crippen LogP contribution in [0.25, 0.3) is 0 Å². The summed E-state index contributed by atoms with van der Waals surface area (Å²) in [6, 6.07) is 9.18. The second-order valence-corrected chi connectivity index (χ2v) is 5.32. The maximum atomic E-state index is 5.22. The number of methoxy groups -OCH3 is 1. The molecular formula is C16H26N2O. The molecule has 1 unspecified atom stereocenters. The molecular weight excluding hydrogens is 236 g/mol. The van der Waals surface area contributed by atoms with E-state index in [1.54, 1.807) is 7.11 Å². The summed E-state index contributed by atoms with van der Waals surface area (Å²) in [5.41, 5.74) is 1.38. The first-order valence-electron chi connectivity index (χ1n) is 7.41. The first-order valence-corrected chi connectivity index (χ1v) is 7.41. The molecule has 1 N–H and O–H groups in total. The van der Waals surface area contributed by atoms with E-state index in [2.05, 4.69) is 41.4 Å². The molecule has 2 rings (SSSR count). The van der Waals surface area contributed by atoms with Gasteiger partial charge in [-0.05, 0) is 43.6 Å². The number of benzene rings is 1. The lowest BCUT2D eigenvalue weighted by atomic mass is 10.1. The average Bonchev–Trinajstić information content (AvgIpc) is 2.98. The Labute approximate surface area is 116 Å². The van der Waals surface area contributed by atoms with Crippen LogP contribution in [0.5, 0.6) is 5.75 Å². The fourth-order valence-electron chi connectivity index (χ4n) is 2.67. The van der Waals surface area contributed by atoms with Crippen LogP contribution >= 0.6 is 0 Å². The molecule has 3 nitrogen and oxygen atoms in total. The Morgan fingerprint density at radius 3 is 2.68 bits per heavy atom. The van der Waals surface area contributed by atoms with E-state index in [0.29, 0.717) is 6.04 Å². The summed E-state index contributed by atoms with van der Waals surface area (Å²) in [6.07, 6.45) is 3.83. The Bertz CT molecular complexity index is 358. The minimum absolute atomic E-state index is 0.702. The smallest absolute Gasteiger partial charge is 0.118 e. The summed E-state index contributed by atoms with van der Waals surface area (Å²) in [4.78, 5) is 2.63. The second-order valence-electron chi connectivity index (χ2n) is 5.32. The highest BCUT2D eigenvalue weighted by atomic mass is 16.5. The van der Waals surface area contributed by atoms with Crippen molar-refractivity contribution in [2.75, 3.05) is 26.7 Å². The molecule has 1 aromatic rings. The van der Waals surface area contributed by atoms with Crippen LogP contribution in [-0.2, 0) is 6.54 Å². The number of hydrogen-bond acceptors (Lipinski definition) is 3. The molecule has 106 valence electrons. The minimum Gasteiger partial charge on any atom is -0.497 e. The zero-order valence-corrected chi connectivity index (χ0v) is 12.2. The van der Waals surface area contributed by atoms with Gasteiger partial charge in [0, 0.05) is 19.1 Å². The van der Waals surface area contributed by atoms with E-state index in [1.807, 2.05) is 0 Å². The van der Waals surface area contributed by atoms with Gasteiger partial charge in [-0.3, -0.25) is 4.90 Å². The van der Waals surface area contributed by atoms with E-state index in [1.165, 1.54) is 31.4 Å². The summed E-state index contributed by atoms with van der Waals surface area (Å²) in [7, 11) is 1.72. The zero-order valence-electron chi connectivity index (χ0n) is 12.2. The van der Waals surface area contributed by atoms with Crippen LogP contribution in [-0.4, -0.2) is 37.7 Å². The van der Waals surface area contributed by atoms with E-state index in [9.17, 15) is 0 Å². The third-order valence-electron chi connectivity index (χ3n) is 3.89. The minimum atomic E-state index is 0.702. The molecule has 1 aliphatic rings. The highest BCUT2D eigenvalue weighted by Crippen LogP contribution is 2.17. The molecule has 0 bridgehead atoms. The van der Waals surface area contributed by atoms with Crippen molar-refractivity contribution < 1.29 is 4.74 Å².